The first kappa shape index (κ1) is 14.0. The van der Waals surface area contributed by atoms with E-state index >= 15 is 0 Å². The van der Waals surface area contributed by atoms with Gasteiger partial charge in [0.15, 0.2) is 5.78 Å². The van der Waals surface area contributed by atoms with Gasteiger partial charge < -0.3 is 4.74 Å². The molecule has 1 unspecified atom stereocenters. The maximum atomic E-state index is 13.1. The summed E-state index contributed by atoms with van der Waals surface area (Å²) in [6.07, 6.45) is -3.42. The molecule has 0 aromatic heterocycles. The number of benzene rings is 1. The van der Waals surface area contributed by atoms with Gasteiger partial charge in [-0.3, -0.25) is 4.79 Å². The summed E-state index contributed by atoms with van der Waals surface area (Å²) in [5, 5.41) is 0. The number of ether oxygens (including phenoxy) is 1. The van der Waals surface area contributed by atoms with Gasteiger partial charge in [-0.1, -0.05) is 0 Å². The van der Waals surface area contributed by atoms with E-state index in [2.05, 4.69) is 0 Å². The first-order valence-electron chi connectivity index (χ1n) is 5.92. The number of carbonyl (C=O) groups excluding carboxylic acids is 1. The van der Waals surface area contributed by atoms with Crippen LogP contribution in [0.2, 0.25) is 0 Å². The van der Waals surface area contributed by atoms with Crippen LogP contribution >= 0.6 is 0 Å². The minimum Gasteiger partial charge on any atom is -0.370 e. The number of rotatable bonds is 2. The number of alkyl halides is 3. The average molecular weight is 276 g/mol. The second-order valence-corrected chi connectivity index (χ2v) is 4.41. The Morgan fingerprint density at radius 2 is 2.00 bits per heavy atom. The lowest BCUT2D eigenvalue weighted by atomic mass is 9.98. The number of halogens is 4. The molecule has 0 N–H and O–H groups in total. The Bertz CT molecular complexity index is 476. The van der Waals surface area contributed by atoms with Crippen LogP contribution in [0, 0.1) is 5.82 Å². The van der Waals surface area contributed by atoms with Gasteiger partial charge in [0.05, 0.1) is 5.56 Å². The molecule has 1 aliphatic heterocycles. The van der Waals surface area contributed by atoms with E-state index in [1.54, 1.807) is 0 Å². The summed E-state index contributed by atoms with van der Waals surface area (Å²) in [5.74, 6) is -1.90. The maximum absolute atomic E-state index is 13.1. The van der Waals surface area contributed by atoms with Crippen LogP contribution in [0.25, 0.3) is 0 Å². The van der Waals surface area contributed by atoms with Gasteiger partial charge in [-0.15, -0.1) is 0 Å². The quantitative estimate of drug-likeness (QED) is 0.609. The van der Waals surface area contributed by atoms with Gasteiger partial charge >= 0.3 is 6.18 Å². The van der Waals surface area contributed by atoms with Crippen molar-refractivity contribution in [2.24, 2.45) is 0 Å². The van der Waals surface area contributed by atoms with Crippen LogP contribution in [-0.4, -0.2) is 18.5 Å². The zero-order valence-electron chi connectivity index (χ0n) is 9.97. The second-order valence-electron chi connectivity index (χ2n) is 4.41. The van der Waals surface area contributed by atoms with Crippen molar-refractivity contribution in [1.29, 1.82) is 0 Å². The standard InChI is InChI=1S/C13H12F4O2/c14-10-5-4-8(7-9(10)13(15,16)17)12(18)11-3-1-2-6-19-11/h4-5,7,11H,1-3,6H2. The third-order valence-electron chi connectivity index (χ3n) is 3.03. The van der Waals surface area contributed by atoms with Crippen LogP contribution in [0.1, 0.15) is 35.2 Å². The molecule has 6 heteroatoms. The van der Waals surface area contributed by atoms with Crippen LogP contribution in [0.5, 0.6) is 0 Å². The molecule has 0 saturated carbocycles. The molecule has 1 fully saturated rings. The largest absolute Gasteiger partial charge is 0.419 e. The van der Waals surface area contributed by atoms with Crippen LogP contribution in [-0.2, 0) is 10.9 Å². The second kappa shape index (κ2) is 5.28. The third-order valence-corrected chi connectivity index (χ3v) is 3.03. The number of hydrogen-bond donors (Lipinski definition) is 0. The average Bonchev–Trinajstić information content (AvgIpc) is 2.38. The van der Waals surface area contributed by atoms with Crippen molar-refractivity contribution in [3.8, 4) is 0 Å². The molecule has 1 aliphatic rings. The summed E-state index contributed by atoms with van der Waals surface area (Å²) in [4.78, 5) is 12.0. The molecule has 1 heterocycles. The van der Waals surface area contributed by atoms with Gasteiger partial charge in [0.25, 0.3) is 0 Å². The van der Waals surface area contributed by atoms with Crippen molar-refractivity contribution in [2.75, 3.05) is 6.61 Å². The van der Waals surface area contributed by atoms with E-state index in [-0.39, 0.29) is 5.56 Å². The molecule has 2 rings (SSSR count). The van der Waals surface area contributed by atoms with Gasteiger partial charge in [-0.2, -0.15) is 13.2 Å². The first-order valence-corrected chi connectivity index (χ1v) is 5.92. The van der Waals surface area contributed by atoms with E-state index in [0.717, 1.165) is 18.9 Å². The Hall–Kier alpha value is -1.43. The van der Waals surface area contributed by atoms with E-state index in [9.17, 15) is 22.4 Å². The van der Waals surface area contributed by atoms with Gasteiger partial charge in [0, 0.05) is 12.2 Å². The summed E-state index contributed by atoms with van der Waals surface area (Å²) < 4.78 is 56.0. The molecule has 1 aromatic carbocycles. The Balaban J connectivity index is 2.27. The SMILES string of the molecule is O=C(c1ccc(F)c(C(F)(F)F)c1)C1CCCCO1. The monoisotopic (exact) mass is 276 g/mol. The summed E-state index contributed by atoms with van der Waals surface area (Å²) in [6, 6.07) is 2.28. The summed E-state index contributed by atoms with van der Waals surface area (Å²) >= 11 is 0. The Morgan fingerprint density at radius 3 is 2.58 bits per heavy atom. The van der Waals surface area contributed by atoms with Gasteiger partial charge in [-0.25, -0.2) is 4.39 Å². The number of ketones is 1. The number of hydrogen-bond acceptors (Lipinski definition) is 2. The highest BCUT2D eigenvalue weighted by Gasteiger charge is 2.35. The Labute approximate surface area is 107 Å². The van der Waals surface area contributed by atoms with Gasteiger partial charge in [-0.05, 0) is 37.5 Å². The van der Waals surface area contributed by atoms with Gasteiger partial charge in [0.1, 0.15) is 11.9 Å². The van der Waals surface area contributed by atoms with Crippen molar-refractivity contribution in [2.45, 2.75) is 31.5 Å². The number of carbonyl (C=O) groups is 1. The van der Waals surface area contributed by atoms with Gasteiger partial charge in [0.2, 0.25) is 0 Å². The zero-order chi connectivity index (χ0) is 14.0. The van der Waals surface area contributed by atoms with E-state index in [1.807, 2.05) is 0 Å². The maximum Gasteiger partial charge on any atom is 0.419 e. The van der Waals surface area contributed by atoms with Crippen LogP contribution in [0.4, 0.5) is 17.6 Å². The fraction of sp³-hybridized carbons (Fsp3) is 0.462. The first-order chi connectivity index (χ1) is 8.89. The molecule has 0 aliphatic carbocycles. The minimum absolute atomic E-state index is 0.166. The fourth-order valence-corrected chi connectivity index (χ4v) is 2.03. The molecule has 1 atom stereocenters. The van der Waals surface area contributed by atoms with E-state index < -0.39 is 29.4 Å². The van der Waals surface area contributed by atoms with Crippen molar-refractivity contribution < 1.29 is 27.1 Å². The topological polar surface area (TPSA) is 26.3 Å². The van der Waals surface area contributed by atoms with Crippen LogP contribution < -0.4 is 0 Å². The van der Waals surface area contributed by atoms with Crippen LogP contribution in [0.15, 0.2) is 18.2 Å². The van der Waals surface area contributed by atoms with E-state index in [1.165, 1.54) is 0 Å². The van der Waals surface area contributed by atoms with Crippen molar-refractivity contribution >= 4 is 5.78 Å². The molecule has 2 nitrogen and oxygen atoms in total. The highest BCUT2D eigenvalue weighted by molar-refractivity contribution is 5.99. The van der Waals surface area contributed by atoms with E-state index in [0.29, 0.717) is 25.2 Å². The van der Waals surface area contributed by atoms with Crippen molar-refractivity contribution in [3.63, 3.8) is 0 Å². The molecule has 0 amide bonds. The summed E-state index contributed by atoms with van der Waals surface area (Å²) in [5.41, 5.74) is -1.59. The molecular weight excluding hydrogens is 264 g/mol. The molecule has 104 valence electrons. The highest BCUT2D eigenvalue weighted by Crippen LogP contribution is 2.32. The number of Topliss-reactive ketones (excluding diaryl/α,β-unsaturated/α-hetero) is 1. The predicted octanol–water partition coefficient (Wildman–Crippen LogP) is 3.60. The van der Waals surface area contributed by atoms with Crippen molar-refractivity contribution in [3.05, 3.63) is 35.1 Å². The predicted molar refractivity (Wildman–Crippen MR) is 59.3 cm³/mol. The molecule has 0 bridgehead atoms. The van der Waals surface area contributed by atoms with Crippen LogP contribution in [0.3, 0.4) is 0 Å². The molecular formula is C13H12F4O2. The van der Waals surface area contributed by atoms with E-state index in [4.69, 9.17) is 4.74 Å². The smallest absolute Gasteiger partial charge is 0.370 e. The summed E-state index contributed by atoms with van der Waals surface area (Å²) in [7, 11) is 0. The molecule has 1 aromatic rings. The van der Waals surface area contributed by atoms with Crippen molar-refractivity contribution in [1.82, 2.24) is 0 Å². The Kier molecular flexibility index (Phi) is 3.89. The summed E-state index contributed by atoms with van der Waals surface area (Å²) in [6.45, 7) is 0.420. The lowest BCUT2D eigenvalue weighted by Gasteiger charge is -2.21. The fourth-order valence-electron chi connectivity index (χ4n) is 2.03. The lowest BCUT2D eigenvalue weighted by Crippen LogP contribution is -2.28. The lowest BCUT2D eigenvalue weighted by molar-refractivity contribution is -0.140. The molecule has 19 heavy (non-hydrogen) atoms. The molecule has 0 radical (unpaired) electrons. The molecule has 1 saturated heterocycles. The minimum atomic E-state index is -4.81. The third kappa shape index (κ3) is 3.12. The Morgan fingerprint density at radius 1 is 1.26 bits per heavy atom. The normalized spacial score (nSPS) is 20.3. The molecule has 0 spiro atoms. The highest BCUT2D eigenvalue weighted by atomic mass is 19.4. The zero-order valence-corrected chi connectivity index (χ0v) is 9.97.